The van der Waals surface area contributed by atoms with E-state index in [9.17, 15) is 4.39 Å². The molecule has 0 atom stereocenters. The fourth-order valence-electron chi connectivity index (χ4n) is 1.41. The smallest absolute Gasteiger partial charge is 0.191 e. The van der Waals surface area contributed by atoms with Crippen molar-refractivity contribution in [2.45, 2.75) is 0 Å². The van der Waals surface area contributed by atoms with Gasteiger partial charge in [-0.05, 0) is 54.2 Å². The Bertz CT molecular complexity index is 611. The SMILES string of the molecule is Fc1ccc(NC(=S)N/N=C/c2ccc(Cl)cc2)cc1. The summed E-state index contributed by atoms with van der Waals surface area (Å²) in [4.78, 5) is 0. The Morgan fingerprint density at radius 2 is 1.75 bits per heavy atom. The number of nitrogens with zero attached hydrogens (tertiary/aromatic N) is 1. The average molecular weight is 308 g/mol. The summed E-state index contributed by atoms with van der Waals surface area (Å²) in [7, 11) is 0. The zero-order chi connectivity index (χ0) is 14.4. The summed E-state index contributed by atoms with van der Waals surface area (Å²) in [6, 6.07) is 13.1. The van der Waals surface area contributed by atoms with E-state index in [1.807, 2.05) is 12.1 Å². The normalized spacial score (nSPS) is 10.5. The molecule has 2 aromatic rings. The summed E-state index contributed by atoms with van der Waals surface area (Å²) in [5.74, 6) is -0.296. The van der Waals surface area contributed by atoms with Gasteiger partial charge in [-0.25, -0.2) is 4.39 Å². The van der Waals surface area contributed by atoms with Gasteiger partial charge in [-0.3, -0.25) is 5.43 Å². The molecule has 2 aromatic carbocycles. The van der Waals surface area contributed by atoms with Gasteiger partial charge in [-0.1, -0.05) is 23.7 Å². The largest absolute Gasteiger partial charge is 0.331 e. The highest BCUT2D eigenvalue weighted by Gasteiger charge is 1.96. The van der Waals surface area contributed by atoms with Crippen LogP contribution in [0.5, 0.6) is 0 Å². The summed E-state index contributed by atoms with van der Waals surface area (Å²) in [6.45, 7) is 0. The summed E-state index contributed by atoms with van der Waals surface area (Å²) in [5.41, 5.74) is 4.25. The van der Waals surface area contributed by atoms with Gasteiger partial charge in [-0.15, -0.1) is 0 Å². The molecule has 2 rings (SSSR count). The van der Waals surface area contributed by atoms with E-state index >= 15 is 0 Å². The Hall–Kier alpha value is -1.98. The van der Waals surface area contributed by atoms with E-state index in [1.54, 1.807) is 30.5 Å². The Morgan fingerprint density at radius 1 is 1.10 bits per heavy atom. The molecule has 0 unspecified atom stereocenters. The van der Waals surface area contributed by atoms with Gasteiger partial charge >= 0.3 is 0 Å². The maximum Gasteiger partial charge on any atom is 0.191 e. The van der Waals surface area contributed by atoms with Crippen LogP contribution in [0.3, 0.4) is 0 Å². The van der Waals surface area contributed by atoms with Crippen LogP contribution in [0.15, 0.2) is 53.6 Å². The first-order chi connectivity index (χ1) is 9.63. The third-order valence-electron chi connectivity index (χ3n) is 2.35. The van der Waals surface area contributed by atoms with Crippen molar-refractivity contribution in [1.82, 2.24) is 5.43 Å². The molecule has 102 valence electrons. The van der Waals surface area contributed by atoms with Crippen molar-refractivity contribution in [1.29, 1.82) is 0 Å². The van der Waals surface area contributed by atoms with Crippen LogP contribution in [0.2, 0.25) is 5.02 Å². The quantitative estimate of drug-likeness (QED) is 0.514. The molecule has 0 heterocycles. The van der Waals surface area contributed by atoms with Crippen molar-refractivity contribution in [3.05, 3.63) is 64.9 Å². The van der Waals surface area contributed by atoms with Gasteiger partial charge in [0.25, 0.3) is 0 Å². The molecular formula is C14H11ClFN3S. The topological polar surface area (TPSA) is 36.4 Å². The lowest BCUT2D eigenvalue weighted by atomic mass is 10.2. The Morgan fingerprint density at radius 3 is 2.40 bits per heavy atom. The molecule has 2 N–H and O–H groups in total. The molecule has 0 spiro atoms. The number of thiocarbonyl (C=S) groups is 1. The lowest BCUT2D eigenvalue weighted by Crippen LogP contribution is -2.23. The van der Waals surface area contributed by atoms with Gasteiger partial charge in [0.1, 0.15) is 5.82 Å². The van der Waals surface area contributed by atoms with E-state index in [1.165, 1.54) is 12.1 Å². The monoisotopic (exact) mass is 307 g/mol. The minimum Gasteiger partial charge on any atom is -0.331 e. The molecule has 0 fully saturated rings. The lowest BCUT2D eigenvalue weighted by molar-refractivity contribution is 0.628. The van der Waals surface area contributed by atoms with Crippen LogP contribution in [-0.4, -0.2) is 11.3 Å². The van der Waals surface area contributed by atoms with Crippen LogP contribution in [0.1, 0.15) is 5.56 Å². The molecule has 0 radical (unpaired) electrons. The van der Waals surface area contributed by atoms with Crippen molar-refractivity contribution in [2.75, 3.05) is 5.32 Å². The van der Waals surface area contributed by atoms with E-state index in [0.717, 1.165) is 5.56 Å². The molecule has 0 saturated carbocycles. The molecule has 0 saturated heterocycles. The van der Waals surface area contributed by atoms with Crippen molar-refractivity contribution in [3.8, 4) is 0 Å². The molecule has 0 aliphatic rings. The van der Waals surface area contributed by atoms with Gasteiger partial charge in [0, 0.05) is 10.7 Å². The summed E-state index contributed by atoms with van der Waals surface area (Å²) in [6.07, 6.45) is 1.62. The minimum atomic E-state index is -0.296. The predicted molar refractivity (Wildman–Crippen MR) is 84.8 cm³/mol. The van der Waals surface area contributed by atoms with E-state index in [4.69, 9.17) is 23.8 Å². The lowest BCUT2D eigenvalue weighted by Gasteiger charge is -2.06. The number of benzene rings is 2. The van der Waals surface area contributed by atoms with Crippen LogP contribution in [0, 0.1) is 5.82 Å². The van der Waals surface area contributed by atoms with E-state index in [-0.39, 0.29) is 5.82 Å². The fourth-order valence-corrected chi connectivity index (χ4v) is 1.70. The van der Waals surface area contributed by atoms with Gasteiger partial charge in [-0.2, -0.15) is 5.10 Å². The Labute approximate surface area is 126 Å². The van der Waals surface area contributed by atoms with Crippen molar-refractivity contribution in [3.63, 3.8) is 0 Å². The van der Waals surface area contributed by atoms with E-state index in [2.05, 4.69) is 15.8 Å². The summed E-state index contributed by atoms with van der Waals surface area (Å²) in [5, 5.41) is 7.86. The molecule has 0 aliphatic heterocycles. The highest BCUT2D eigenvalue weighted by atomic mass is 35.5. The number of hydrazone groups is 1. The second-order valence-corrected chi connectivity index (χ2v) is 4.73. The van der Waals surface area contributed by atoms with Gasteiger partial charge < -0.3 is 5.32 Å². The number of hydrogen-bond donors (Lipinski definition) is 2. The number of hydrogen-bond acceptors (Lipinski definition) is 2. The van der Waals surface area contributed by atoms with Crippen molar-refractivity contribution in [2.24, 2.45) is 5.10 Å². The standard InChI is InChI=1S/C14H11ClFN3S/c15-11-3-1-10(2-4-11)9-17-19-14(20)18-13-7-5-12(16)6-8-13/h1-9H,(H2,18,19,20)/b17-9+. The van der Waals surface area contributed by atoms with E-state index < -0.39 is 0 Å². The third-order valence-corrected chi connectivity index (χ3v) is 2.80. The second-order valence-electron chi connectivity index (χ2n) is 3.88. The van der Waals surface area contributed by atoms with Crippen LogP contribution in [0.25, 0.3) is 0 Å². The van der Waals surface area contributed by atoms with Crippen LogP contribution < -0.4 is 10.7 Å². The molecule has 6 heteroatoms. The molecule has 0 aromatic heterocycles. The minimum absolute atomic E-state index is 0.296. The fraction of sp³-hybridized carbons (Fsp3) is 0. The highest BCUT2D eigenvalue weighted by molar-refractivity contribution is 7.80. The van der Waals surface area contributed by atoms with Crippen LogP contribution >= 0.6 is 23.8 Å². The van der Waals surface area contributed by atoms with Gasteiger partial charge in [0.15, 0.2) is 5.11 Å². The number of halogens is 2. The van der Waals surface area contributed by atoms with Crippen LogP contribution in [0.4, 0.5) is 10.1 Å². The third kappa shape index (κ3) is 4.60. The maximum absolute atomic E-state index is 12.7. The van der Waals surface area contributed by atoms with Crippen molar-refractivity contribution < 1.29 is 4.39 Å². The van der Waals surface area contributed by atoms with Crippen molar-refractivity contribution >= 4 is 40.8 Å². The number of anilines is 1. The first-order valence-corrected chi connectivity index (χ1v) is 6.53. The first-order valence-electron chi connectivity index (χ1n) is 5.75. The average Bonchev–Trinajstić information content (AvgIpc) is 2.44. The van der Waals surface area contributed by atoms with Gasteiger partial charge in [0.05, 0.1) is 6.21 Å². The van der Waals surface area contributed by atoms with Gasteiger partial charge in [0.2, 0.25) is 0 Å². The Kier molecular flexibility index (Phi) is 5.03. The van der Waals surface area contributed by atoms with Crippen LogP contribution in [-0.2, 0) is 0 Å². The van der Waals surface area contributed by atoms with E-state index in [0.29, 0.717) is 15.8 Å². The molecule has 20 heavy (non-hydrogen) atoms. The zero-order valence-corrected chi connectivity index (χ0v) is 11.9. The molecule has 0 amide bonds. The summed E-state index contributed by atoms with van der Waals surface area (Å²) < 4.78 is 12.7. The first kappa shape index (κ1) is 14.4. The number of rotatable bonds is 3. The number of nitrogens with one attached hydrogen (secondary N) is 2. The molecule has 0 bridgehead atoms. The predicted octanol–water partition coefficient (Wildman–Crippen LogP) is 3.80. The highest BCUT2D eigenvalue weighted by Crippen LogP contribution is 2.08. The molecule has 0 aliphatic carbocycles. The molecular weight excluding hydrogens is 297 g/mol. The second kappa shape index (κ2) is 6.98. The zero-order valence-electron chi connectivity index (χ0n) is 10.3. The maximum atomic E-state index is 12.7. The molecule has 3 nitrogen and oxygen atoms in total. The summed E-state index contributed by atoms with van der Waals surface area (Å²) >= 11 is 10.8. The Balaban J connectivity index is 1.85.